The molecule has 1 aromatic carbocycles. The van der Waals surface area contributed by atoms with Gasteiger partial charge in [-0.3, -0.25) is 0 Å². The number of hydrogen-bond acceptors (Lipinski definition) is 4. The van der Waals surface area contributed by atoms with Gasteiger partial charge in [-0.25, -0.2) is 4.79 Å². The first kappa shape index (κ1) is 12.3. The van der Waals surface area contributed by atoms with Gasteiger partial charge in [0.15, 0.2) is 6.79 Å². The fourth-order valence-electron chi connectivity index (χ4n) is 1.03. The molecule has 0 atom stereocenters. The Morgan fingerprint density at radius 2 is 1.94 bits per heavy atom. The molecule has 0 radical (unpaired) electrons. The van der Waals surface area contributed by atoms with Gasteiger partial charge in [-0.15, -0.1) is 0 Å². The van der Waals surface area contributed by atoms with Crippen LogP contribution in [0.2, 0.25) is 0 Å². The summed E-state index contributed by atoms with van der Waals surface area (Å²) in [6.45, 7) is 0.220. The van der Waals surface area contributed by atoms with Gasteiger partial charge in [0, 0.05) is 13.2 Å². The third kappa shape index (κ3) is 4.14. The molecule has 4 nitrogen and oxygen atoms in total. The van der Waals surface area contributed by atoms with Crippen LogP contribution in [0.15, 0.2) is 30.3 Å². The molecule has 0 aliphatic carbocycles. The maximum atomic E-state index is 10.8. The van der Waals surface area contributed by atoms with Gasteiger partial charge in [-0.05, 0) is 23.8 Å². The fourth-order valence-corrected chi connectivity index (χ4v) is 1.03. The van der Waals surface area contributed by atoms with Gasteiger partial charge in [-0.1, -0.05) is 12.1 Å². The van der Waals surface area contributed by atoms with Crippen LogP contribution in [0.25, 0.3) is 6.08 Å². The Kier molecular flexibility index (Phi) is 5.08. The van der Waals surface area contributed by atoms with Crippen LogP contribution in [-0.4, -0.2) is 27.0 Å². The van der Waals surface area contributed by atoms with Gasteiger partial charge in [-0.2, -0.15) is 0 Å². The molecular weight excluding hydrogens is 208 g/mol. The van der Waals surface area contributed by atoms with Gasteiger partial charge in [0.1, 0.15) is 5.75 Å². The summed E-state index contributed by atoms with van der Waals surface area (Å²) in [5.74, 6) is 0.344. The molecule has 0 unspecified atom stereocenters. The van der Waals surface area contributed by atoms with Crippen LogP contribution in [0.4, 0.5) is 0 Å². The van der Waals surface area contributed by atoms with Gasteiger partial charge in [0.25, 0.3) is 0 Å². The van der Waals surface area contributed by atoms with Crippen LogP contribution < -0.4 is 4.74 Å². The molecule has 0 N–H and O–H groups in total. The van der Waals surface area contributed by atoms with E-state index in [4.69, 9.17) is 9.47 Å². The normalized spacial score (nSPS) is 10.4. The van der Waals surface area contributed by atoms with Crippen molar-refractivity contribution in [1.82, 2.24) is 0 Å². The fraction of sp³-hybridized carbons (Fsp3) is 0.250. The molecule has 16 heavy (non-hydrogen) atoms. The van der Waals surface area contributed by atoms with Crippen molar-refractivity contribution in [3.63, 3.8) is 0 Å². The van der Waals surface area contributed by atoms with Crippen molar-refractivity contribution in [3.8, 4) is 5.75 Å². The van der Waals surface area contributed by atoms with Crippen LogP contribution in [0.1, 0.15) is 5.56 Å². The summed E-state index contributed by atoms with van der Waals surface area (Å²) in [4.78, 5) is 10.8. The monoisotopic (exact) mass is 222 g/mol. The third-order valence-corrected chi connectivity index (χ3v) is 1.84. The van der Waals surface area contributed by atoms with Crippen molar-refractivity contribution in [1.29, 1.82) is 0 Å². The summed E-state index contributed by atoms with van der Waals surface area (Å²) in [7, 11) is 2.90. The van der Waals surface area contributed by atoms with Crippen LogP contribution in [0, 0.1) is 0 Å². The standard InChI is InChI=1S/C12H14O4/c1-14-9-16-11-6-3-10(4-7-11)5-8-12(13)15-2/h3-8H,9H2,1-2H3. The van der Waals surface area contributed by atoms with E-state index >= 15 is 0 Å². The predicted molar refractivity (Wildman–Crippen MR) is 60.0 cm³/mol. The van der Waals surface area contributed by atoms with E-state index in [1.165, 1.54) is 13.2 Å². The minimum Gasteiger partial charge on any atom is -0.468 e. The molecular formula is C12H14O4. The highest BCUT2D eigenvalue weighted by molar-refractivity contribution is 5.86. The maximum absolute atomic E-state index is 10.8. The predicted octanol–water partition coefficient (Wildman–Crippen LogP) is 1.86. The molecule has 0 bridgehead atoms. The van der Waals surface area contributed by atoms with Crippen molar-refractivity contribution in [2.75, 3.05) is 21.0 Å². The summed E-state index contributed by atoms with van der Waals surface area (Å²) in [6.07, 6.45) is 3.04. The van der Waals surface area contributed by atoms with Crippen LogP contribution >= 0.6 is 0 Å². The van der Waals surface area contributed by atoms with Gasteiger partial charge in [0.2, 0.25) is 0 Å². The van der Waals surface area contributed by atoms with Crippen LogP contribution in [0.3, 0.4) is 0 Å². The topological polar surface area (TPSA) is 44.8 Å². The summed E-state index contributed by atoms with van der Waals surface area (Å²) >= 11 is 0. The van der Waals surface area contributed by atoms with E-state index in [1.54, 1.807) is 25.3 Å². The lowest BCUT2D eigenvalue weighted by Gasteiger charge is -2.03. The lowest BCUT2D eigenvalue weighted by molar-refractivity contribution is -0.134. The second kappa shape index (κ2) is 6.63. The number of rotatable bonds is 5. The Morgan fingerprint density at radius 3 is 2.50 bits per heavy atom. The molecule has 0 aliphatic heterocycles. The third-order valence-electron chi connectivity index (χ3n) is 1.84. The molecule has 0 saturated carbocycles. The van der Waals surface area contributed by atoms with E-state index in [0.717, 1.165) is 11.3 Å². The van der Waals surface area contributed by atoms with E-state index in [1.807, 2.05) is 12.1 Å². The largest absolute Gasteiger partial charge is 0.468 e. The van der Waals surface area contributed by atoms with E-state index in [9.17, 15) is 4.79 Å². The first-order chi connectivity index (χ1) is 7.76. The summed E-state index contributed by atoms with van der Waals surface area (Å²) in [6, 6.07) is 7.28. The Morgan fingerprint density at radius 1 is 1.25 bits per heavy atom. The highest BCUT2D eigenvalue weighted by atomic mass is 16.7. The first-order valence-corrected chi connectivity index (χ1v) is 4.74. The van der Waals surface area contributed by atoms with Crippen molar-refractivity contribution < 1.29 is 19.0 Å². The quantitative estimate of drug-likeness (QED) is 0.433. The molecule has 0 amide bonds. The minimum absolute atomic E-state index is 0.220. The molecule has 0 saturated heterocycles. The lowest BCUT2D eigenvalue weighted by Crippen LogP contribution is -1.98. The van der Waals surface area contributed by atoms with E-state index in [-0.39, 0.29) is 12.8 Å². The van der Waals surface area contributed by atoms with Gasteiger partial charge >= 0.3 is 5.97 Å². The smallest absolute Gasteiger partial charge is 0.330 e. The zero-order chi connectivity index (χ0) is 11.8. The average Bonchev–Trinajstić information content (AvgIpc) is 2.34. The number of hydrogen-bond donors (Lipinski definition) is 0. The number of esters is 1. The zero-order valence-corrected chi connectivity index (χ0v) is 9.30. The lowest BCUT2D eigenvalue weighted by atomic mass is 10.2. The molecule has 0 spiro atoms. The molecule has 4 heteroatoms. The number of ether oxygens (including phenoxy) is 3. The van der Waals surface area contributed by atoms with Crippen molar-refractivity contribution in [2.45, 2.75) is 0 Å². The molecule has 1 rings (SSSR count). The highest BCUT2D eigenvalue weighted by Gasteiger charge is 1.94. The first-order valence-electron chi connectivity index (χ1n) is 4.74. The Labute approximate surface area is 94.4 Å². The SMILES string of the molecule is COCOc1ccc(C=CC(=O)OC)cc1. The Balaban J connectivity index is 2.57. The molecule has 0 aromatic heterocycles. The van der Waals surface area contributed by atoms with Crippen molar-refractivity contribution in [2.24, 2.45) is 0 Å². The molecule has 0 aliphatic rings. The molecule has 0 fully saturated rings. The Hall–Kier alpha value is -1.81. The molecule has 1 aromatic rings. The Bertz CT molecular complexity index is 354. The number of benzene rings is 1. The summed E-state index contributed by atoms with van der Waals surface area (Å²) in [5.41, 5.74) is 0.898. The van der Waals surface area contributed by atoms with Crippen molar-refractivity contribution >= 4 is 12.0 Å². The van der Waals surface area contributed by atoms with Gasteiger partial charge < -0.3 is 14.2 Å². The second-order valence-corrected chi connectivity index (χ2v) is 2.98. The van der Waals surface area contributed by atoms with E-state index in [2.05, 4.69) is 4.74 Å². The van der Waals surface area contributed by atoms with Crippen molar-refractivity contribution in [3.05, 3.63) is 35.9 Å². The maximum Gasteiger partial charge on any atom is 0.330 e. The van der Waals surface area contributed by atoms with E-state index in [0.29, 0.717) is 0 Å². The molecule has 86 valence electrons. The number of carbonyl (C=O) groups is 1. The van der Waals surface area contributed by atoms with Crippen LogP contribution in [0.5, 0.6) is 5.75 Å². The summed E-state index contributed by atoms with van der Waals surface area (Å²) < 4.78 is 14.5. The summed E-state index contributed by atoms with van der Waals surface area (Å²) in [5, 5.41) is 0. The molecule has 0 heterocycles. The highest BCUT2D eigenvalue weighted by Crippen LogP contribution is 2.13. The number of methoxy groups -OCH3 is 2. The van der Waals surface area contributed by atoms with E-state index < -0.39 is 0 Å². The number of carbonyl (C=O) groups excluding carboxylic acids is 1. The van der Waals surface area contributed by atoms with Crippen LogP contribution in [-0.2, 0) is 14.3 Å². The minimum atomic E-state index is -0.375. The second-order valence-electron chi connectivity index (χ2n) is 2.98. The zero-order valence-electron chi connectivity index (χ0n) is 9.30. The van der Waals surface area contributed by atoms with Gasteiger partial charge in [0.05, 0.1) is 7.11 Å². The average molecular weight is 222 g/mol.